The normalized spacial score (nSPS) is 16.9. The third-order valence-corrected chi connectivity index (χ3v) is 5.67. The quantitative estimate of drug-likeness (QED) is 0.537. The summed E-state index contributed by atoms with van der Waals surface area (Å²) in [5, 5.41) is 5.69. The van der Waals surface area contributed by atoms with Crippen LogP contribution in [0.2, 0.25) is 0 Å². The number of carbonyl (C=O) groups is 1. The highest BCUT2D eigenvalue weighted by atomic mass is 16.7. The lowest BCUT2D eigenvalue weighted by Crippen LogP contribution is -2.41. The Labute approximate surface area is 179 Å². The Balaban J connectivity index is 1.38. The topological polar surface area (TPSA) is 68.8 Å². The predicted molar refractivity (Wildman–Crippen MR) is 120 cm³/mol. The van der Waals surface area contributed by atoms with Crippen molar-refractivity contribution in [3.63, 3.8) is 0 Å². The largest absolute Gasteiger partial charge is 0.494 e. The number of ether oxygens (including phenoxy) is 1. The Kier molecular flexibility index (Phi) is 6.73. The summed E-state index contributed by atoms with van der Waals surface area (Å²) >= 11 is 0. The highest BCUT2D eigenvalue weighted by molar-refractivity contribution is 6.62. The number of nitrogens with one attached hydrogen (secondary N) is 2. The van der Waals surface area contributed by atoms with Crippen molar-refractivity contribution >= 4 is 24.3 Å². The van der Waals surface area contributed by atoms with Crippen molar-refractivity contribution in [1.82, 2.24) is 5.32 Å². The summed E-state index contributed by atoms with van der Waals surface area (Å²) in [4.78, 5) is 12.0. The maximum atomic E-state index is 12.0. The van der Waals surface area contributed by atoms with Gasteiger partial charge in [-0.25, -0.2) is 4.79 Å². The molecule has 160 valence electrons. The maximum Gasteiger partial charge on any atom is 0.494 e. The van der Waals surface area contributed by atoms with Gasteiger partial charge in [0.2, 0.25) is 0 Å². The van der Waals surface area contributed by atoms with Crippen LogP contribution in [0.5, 0.6) is 5.75 Å². The molecule has 0 unspecified atom stereocenters. The van der Waals surface area contributed by atoms with Crippen LogP contribution in [0, 0.1) is 6.92 Å². The van der Waals surface area contributed by atoms with Crippen LogP contribution in [-0.2, 0) is 9.31 Å². The van der Waals surface area contributed by atoms with Crippen LogP contribution in [0.25, 0.3) is 0 Å². The first-order chi connectivity index (χ1) is 14.2. The van der Waals surface area contributed by atoms with Crippen molar-refractivity contribution in [3.8, 4) is 5.75 Å². The number of benzene rings is 2. The minimum atomic E-state index is -0.375. The van der Waals surface area contributed by atoms with E-state index >= 15 is 0 Å². The third-order valence-electron chi connectivity index (χ3n) is 5.67. The van der Waals surface area contributed by atoms with E-state index in [1.807, 2.05) is 83.1 Å². The van der Waals surface area contributed by atoms with Gasteiger partial charge in [-0.05, 0) is 70.3 Å². The summed E-state index contributed by atoms with van der Waals surface area (Å²) < 4.78 is 17.9. The van der Waals surface area contributed by atoms with Crippen LogP contribution >= 0.6 is 0 Å². The van der Waals surface area contributed by atoms with E-state index in [0.717, 1.165) is 22.5 Å². The van der Waals surface area contributed by atoms with Gasteiger partial charge in [0, 0.05) is 12.2 Å². The molecule has 0 bridgehead atoms. The summed E-state index contributed by atoms with van der Waals surface area (Å²) in [6.45, 7) is 11.2. The fraction of sp³-hybridized carbons (Fsp3) is 0.435. The van der Waals surface area contributed by atoms with Gasteiger partial charge in [-0.3, -0.25) is 0 Å². The number of urea groups is 1. The third kappa shape index (κ3) is 5.35. The van der Waals surface area contributed by atoms with Crippen molar-refractivity contribution in [2.45, 2.75) is 52.2 Å². The molecular formula is C23H31BN2O4. The molecule has 1 fully saturated rings. The lowest BCUT2D eigenvalue weighted by Gasteiger charge is -2.32. The van der Waals surface area contributed by atoms with Gasteiger partial charge in [0.05, 0.1) is 17.8 Å². The van der Waals surface area contributed by atoms with Gasteiger partial charge >= 0.3 is 13.1 Å². The molecule has 1 saturated heterocycles. The van der Waals surface area contributed by atoms with Crippen LogP contribution < -0.4 is 20.8 Å². The number of amides is 2. The Bertz CT molecular complexity index is 852. The molecular weight excluding hydrogens is 379 g/mol. The second-order valence-corrected chi connectivity index (χ2v) is 8.56. The lowest BCUT2D eigenvalue weighted by atomic mass is 9.79. The summed E-state index contributed by atoms with van der Waals surface area (Å²) in [6.07, 6.45) is 0.709. The van der Waals surface area contributed by atoms with Crippen LogP contribution in [0.1, 0.15) is 39.7 Å². The Hall–Kier alpha value is -2.51. The summed E-state index contributed by atoms with van der Waals surface area (Å²) in [7, 11) is -0.375. The highest BCUT2D eigenvalue weighted by Crippen LogP contribution is 2.36. The molecule has 1 aliphatic heterocycles. The molecule has 2 N–H and O–H groups in total. The second kappa shape index (κ2) is 9.10. The van der Waals surface area contributed by atoms with E-state index in [-0.39, 0.29) is 24.4 Å². The molecule has 0 aliphatic carbocycles. The van der Waals surface area contributed by atoms with Crippen molar-refractivity contribution < 1.29 is 18.8 Å². The standard InChI is InChI=1S/C23H31BN2O4/c1-17-9-6-7-10-20(17)26-21(27)25-15-8-16-28-19-13-11-18(12-14-19)24-29-22(2,3)23(4,5)30-24/h6-7,9-14H,8,15-16H2,1-5H3,(H2,25,26,27). The highest BCUT2D eigenvalue weighted by Gasteiger charge is 2.51. The first kappa shape index (κ1) is 22.2. The minimum Gasteiger partial charge on any atom is -0.494 e. The van der Waals surface area contributed by atoms with E-state index in [2.05, 4.69) is 10.6 Å². The zero-order valence-electron chi connectivity index (χ0n) is 18.5. The second-order valence-electron chi connectivity index (χ2n) is 8.56. The van der Waals surface area contributed by atoms with Gasteiger partial charge in [-0.2, -0.15) is 0 Å². The van der Waals surface area contributed by atoms with E-state index < -0.39 is 0 Å². The number of hydrogen-bond acceptors (Lipinski definition) is 4. The summed E-state index contributed by atoms with van der Waals surface area (Å²) in [5.41, 5.74) is 2.10. The van der Waals surface area contributed by atoms with Gasteiger partial charge < -0.3 is 24.7 Å². The molecule has 0 radical (unpaired) electrons. The van der Waals surface area contributed by atoms with Crippen molar-refractivity contribution in [2.24, 2.45) is 0 Å². The van der Waals surface area contributed by atoms with Crippen molar-refractivity contribution in [1.29, 1.82) is 0 Å². The number of para-hydroxylation sites is 1. The number of aryl methyl sites for hydroxylation is 1. The van der Waals surface area contributed by atoms with Crippen molar-refractivity contribution in [2.75, 3.05) is 18.5 Å². The van der Waals surface area contributed by atoms with Gasteiger partial charge in [0.25, 0.3) is 0 Å². The number of carbonyl (C=O) groups excluding carboxylic acids is 1. The van der Waals surface area contributed by atoms with Crippen LogP contribution in [0.15, 0.2) is 48.5 Å². The van der Waals surface area contributed by atoms with Gasteiger partial charge in [0.1, 0.15) is 5.75 Å². The summed E-state index contributed by atoms with van der Waals surface area (Å²) in [5.74, 6) is 0.777. The first-order valence-corrected chi connectivity index (χ1v) is 10.4. The Morgan fingerprint density at radius 2 is 1.63 bits per heavy atom. The van der Waals surface area contributed by atoms with Gasteiger partial charge in [0.15, 0.2) is 0 Å². The summed E-state index contributed by atoms with van der Waals surface area (Å²) in [6, 6.07) is 15.2. The fourth-order valence-corrected chi connectivity index (χ4v) is 3.04. The molecule has 0 saturated carbocycles. The van der Waals surface area contributed by atoms with Gasteiger partial charge in [-0.15, -0.1) is 0 Å². The molecule has 2 amide bonds. The Morgan fingerprint density at radius 1 is 1.00 bits per heavy atom. The lowest BCUT2D eigenvalue weighted by molar-refractivity contribution is 0.00578. The van der Waals surface area contributed by atoms with Gasteiger partial charge in [-0.1, -0.05) is 30.3 Å². The number of rotatable bonds is 7. The minimum absolute atomic E-state index is 0.212. The smallest absolute Gasteiger partial charge is 0.494 e. The zero-order chi connectivity index (χ0) is 21.8. The molecule has 2 aromatic rings. The molecule has 0 atom stereocenters. The number of hydrogen-bond donors (Lipinski definition) is 2. The zero-order valence-corrected chi connectivity index (χ0v) is 18.5. The molecule has 0 spiro atoms. The van der Waals surface area contributed by atoms with E-state index in [9.17, 15) is 4.79 Å². The molecule has 6 nitrogen and oxygen atoms in total. The SMILES string of the molecule is Cc1ccccc1NC(=O)NCCCOc1ccc(B2OC(C)(C)C(C)(C)O2)cc1. The molecule has 3 rings (SSSR count). The Morgan fingerprint density at radius 3 is 2.27 bits per heavy atom. The van der Waals surface area contributed by atoms with E-state index in [1.165, 1.54) is 0 Å². The maximum absolute atomic E-state index is 12.0. The average molecular weight is 410 g/mol. The predicted octanol–water partition coefficient (Wildman–Crippen LogP) is 3.88. The van der Waals surface area contributed by atoms with E-state index in [4.69, 9.17) is 14.0 Å². The molecule has 2 aromatic carbocycles. The van der Waals surface area contributed by atoms with Crippen molar-refractivity contribution in [3.05, 3.63) is 54.1 Å². The van der Waals surface area contributed by atoms with Crippen LogP contribution in [0.4, 0.5) is 10.5 Å². The fourth-order valence-electron chi connectivity index (χ4n) is 3.04. The molecule has 1 heterocycles. The average Bonchev–Trinajstić information content (AvgIpc) is 2.91. The van der Waals surface area contributed by atoms with Crippen LogP contribution in [-0.4, -0.2) is 37.5 Å². The van der Waals surface area contributed by atoms with E-state index in [1.54, 1.807) is 0 Å². The first-order valence-electron chi connectivity index (χ1n) is 10.4. The molecule has 1 aliphatic rings. The number of anilines is 1. The molecule has 7 heteroatoms. The molecule has 30 heavy (non-hydrogen) atoms. The monoisotopic (exact) mass is 410 g/mol. The molecule has 0 aromatic heterocycles. The van der Waals surface area contributed by atoms with Crippen LogP contribution in [0.3, 0.4) is 0 Å². The van der Waals surface area contributed by atoms with E-state index in [0.29, 0.717) is 19.6 Å².